The lowest BCUT2D eigenvalue weighted by Crippen LogP contribution is -2.55. The standard InChI is InChI=1S/C23H28O8/c1-2-28-16-5-3-13(4-6-16)9-14-10-15(11-17-22(14)30-8-7-29-17)23-21(27)20(26)19(25)18(12-24)31-23/h3-6,10-11,18-21,23-27H,2,7-9,12H2,1H3/t18-,19-,20+,21-,23+/m1/s1. The highest BCUT2D eigenvalue weighted by atomic mass is 16.6. The molecular formula is C23H28O8. The second kappa shape index (κ2) is 9.42. The van der Waals surface area contributed by atoms with Crippen molar-refractivity contribution in [2.75, 3.05) is 26.4 Å². The van der Waals surface area contributed by atoms with Crippen molar-refractivity contribution in [3.63, 3.8) is 0 Å². The highest BCUT2D eigenvalue weighted by molar-refractivity contribution is 5.52. The Morgan fingerprint density at radius 2 is 1.71 bits per heavy atom. The summed E-state index contributed by atoms with van der Waals surface area (Å²) < 4.78 is 22.9. The van der Waals surface area contributed by atoms with Gasteiger partial charge in [0.2, 0.25) is 0 Å². The predicted molar refractivity (Wildman–Crippen MR) is 111 cm³/mol. The van der Waals surface area contributed by atoms with E-state index >= 15 is 0 Å². The van der Waals surface area contributed by atoms with Crippen molar-refractivity contribution in [3.05, 3.63) is 53.1 Å². The molecule has 4 N–H and O–H groups in total. The fraction of sp³-hybridized carbons (Fsp3) is 0.478. The molecule has 0 saturated carbocycles. The molecule has 0 aliphatic carbocycles. The normalized spacial score (nSPS) is 27.7. The first kappa shape index (κ1) is 21.9. The molecule has 0 spiro atoms. The summed E-state index contributed by atoms with van der Waals surface area (Å²) in [5.74, 6) is 1.96. The van der Waals surface area contributed by atoms with Gasteiger partial charge in [-0.15, -0.1) is 0 Å². The van der Waals surface area contributed by atoms with Crippen LogP contribution in [0.4, 0.5) is 0 Å². The third-order valence-corrected chi connectivity index (χ3v) is 5.59. The van der Waals surface area contributed by atoms with Crippen LogP contribution in [0.5, 0.6) is 17.2 Å². The van der Waals surface area contributed by atoms with Crippen LogP contribution in [-0.4, -0.2) is 71.3 Å². The average molecular weight is 432 g/mol. The van der Waals surface area contributed by atoms with Gasteiger partial charge in [0.05, 0.1) is 13.2 Å². The third-order valence-electron chi connectivity index (χ3n) is 5.59. The lowest BCUT2D eigenvalue weighted by Gasteiger charge is -2.40. The third kappa shape index (κ3) is 4.49. The molecule has 31 heavy (non-hydrogen) atoms. The van der Waals surface area contributed by atoms with Gasteiger partial charge in [-0.2, -0.15) is 0 Å². The molecule has 2 aromatic carbocycles. The predicted octanol–water partition coefficient (Wildman–Crippen LogP) is 0.962. The van der Waals surface area contributed by atoms with Gasteiger partial charge in [0.25, 0.3) is 0 Å². The Bertz CT molecular complexity index is 882. The minimum Gasteiger partial charge on any atom is -0.494 e. The smallest absolute Gasteiger partial charge is 0.164 e. The number of rotatable bonds is 6. The van der Waals surface area contributed by atoms with Crippen molar-refractivity contribution in [2.24, 2.45) is 0 Å². The number of fused-ring (bicyclic) bond motifs is 1. The van der Waals surface area contributed by atoms with Crippen molar-refractivity contribution in [3.8, 4) is 17.2 Å². The molecule has 5 atom stereocenters. The van der Waals surface area contributed by atoms with Crippen LogP contribution in [0.2, 0.25) is 0 Å². The van der Waals surface area contributed by atoms with E-state index in [1.165, 1.54) is 0 Å². The second-order valence-corrected chi connectivity index (χ2v) is 7.71. The summed E-state index contributed by atoms with van der Waals surface area (Å²) in [6, 6.07) is 11.3. The molecular weight excluding hydrogens is 404 g/mol. The minimum absolute atomic E-state index is 0.396. The first-order valence-electron chi connectivity index (χ1n) is 10.5. The van der Waals surface area contributed by atoms with Gasteiger partial charge in [-0.3, -0.25) is 0 Å². The van der Waals surface area contributed by atoms with Gasteiger partial charge in [-0.05, 0) is 42.3 Å². The summed E-state index contributed by atoms with van der Waals surface area (Å²) in [5, 5.41) is 40.3. The molecule has 8 nitrogen and oxygen atoms in total. The zero-order chi connectivity index (χ0) is 22.0. The molecule has 2 aromatic rings. The number of hydrogen-bond donors (Lipinski definition) is 4. The molecule has 1 fully saturated rings. The fourth-order valence-electron chi connectivity index (χ4n) is 4.01. The van der Waals surface area contributed by atoms with Crippen molar-refractivity contribution < 1.29 is 39.4 Å². The van der Waals surface area contributed by atoms with Gasteiger partial charge in [0.15, 0.2) is 11.5 Å². The van der Waals surface area contributed by atoms with Crippen LogP contribution in [0, 0.1) is 0 Å². The van der Waals surface area contributed by atoms with Gasteiger partial charge >= 0.3 is 0 Å². The van der Waals surface area contributed by atoms with E-state index in [0.29, 0.717) is 43.3 Å². The topological polar surface area (TPSA) is 118 Å². The van der Waals surface area contributed by atoms with Crippen LogP contribution in [0.3, 0.4) is 0 Å². The SMILES string of the molecule is CCOc1ccc(Cc2cc([C@@H]3O[C@H](CO)[C@@H](O)[C@H](O)[C@H]3O)cc3c2OCCO3)cc1. The number of benzene rings is 2. The molecule has 2 heterocycles. The quantitative estimate of drug-likeness (QED) is 0.533. The molecule has 4 rings (SSSR count). The van der Waals surface area contributed by atoms with Gasteiger partial charge in [0.1, 0.15) is 49.5 Å². The first-order valence-corrected chi connectivity index (χ1v) is 10.5. The zero-order valence-electron chi connectivity index (χ0n) is 17.3. The molecule has 0 aromatic heterocycles. The number of aliphatic hydroxyl groups excluding tert-OH is 4. The number of aliphatic hydroxyl groups is 4. The van der Waals surface area contributed by atoms with Gasteiger partial charge in [-0.1, -0.05) is 12.1 Å². The number of hydrogen-bond acceptors (Lipinski definition) is 8. The minimum atomic E-state index is -1.45. The van der Waals surface area contributed by atoms with Crippen molar-refractivity contribution in [1.82, 2.24) is 0 Å². The van der Waals surface area contributed by atoms with Crippen LogP contribution in [0.15, 0.2) is 36.4 Å². The van der Waals surface area contributed by atoms with Gasteiger partial charge in [-0.25, -0.2) is 0 Å². The molecule has 0 radical (unpaired) electrons. The Hall–Kier alpha value is -2.36. The van der Waals surface area contributed by atoms with Crippen molar-refractivity contribution >= 4 is 0 Å². The summed E-state index contributed by atoms with van der Waals surface area (Å²) in [4.78, 5) is 0. The van der Waals surface area contributed by atoms with E-state index in [-0.39, 0.29) is 0 Å². The van der Waals surface area contributed by atoms with E-state index in [1.54, 1.807) is 6.07 Å². The zero-order valence-corrected chi connectivity index (χ0v) is 17.3. The molecule has 0 bridgehead atoms. The summed E-state index contributed by atoms with van der Waals surface area (Å²) >= 11 is 0. The Morgan fingerprint density at radius 1 is 0.968 bits per heavy atom. The van der Waals surface area contributed by atoms with Gasteiger partial charge < -0.3 is 39.4 Å². The van der Waals surface area contributed by atoms with Crippen LogP contribution in [0.25, 0.3) is 0 Å². The van der Waals surface area contributed by atoms with Crippen molar-refractivity contribution in [2.45, 2.75) is 43.9 Å². The molecule has 2 aliphatic heterocycles. The van der Waals surface area contributed by atoms with Crippen LogP contribution >= 0.6 is 0 Å². The first-order chi connectivity index (χ1) is 15.0. The van der Waals surface area contributed by atoms with Crippen LogP contribution < -0.4 is 14.2 Å². The monoisotopic (exact) mass is 432 g/mol. The van der Waals surface area contributed by atoms with E-state index in [2.05, 4.69) is 0 Å². The van der Waals surface area contributed by atoms with E-state index in [1.807, 2.05) is 37.3 Å². The molecule has 2 aliphatic rings. The maximum absolute atomic E-state index is 10.5. The lowest BCUT2D eigenvalue weighted by molar-refractivity contribution is -0.231. The van der Waals surface area contributed by atoms with E-state index in [4.69, 9.17) is 18.9 Å². The Labute approximate surface area is 180 Å². The maximum Gasteiger partial charge on any atom is 0.164 e. The summed E-state index contributed by atoms with van der Waals surface area (Å²) in [6.07, 6.45) is -5.59. The van der Waals surface area contributed by atoms with Crippen LogP contribution in [-0.2, 0) is 11.2 Å². The molecule has 168 valence electrons. The highest BCUT2D eigenvalue weighted by Crippen LogP contribution is 2.41. The van der Waals surface area contributed by atoms with Crippen LogP contribution in [0.1, 0.15) is 29.7 Å². The molecule has 0 unspecified atom stereocenters. The Balaban J connectivity index is 1.67. The molecule has 1 saturated heterocycles. The lowest BCUT2D eigenvalue weighted by atomic mass is 9.89. The van der Waals surface area contributed by atoms with E-state index < -0.39 is 37.1 Å². The maximum atomic E-state index is 10.5. The van der Waals surface area contributed by atoms with Gasteiger partial charge in [0, 0.05) is 12.0 Å². The summed E-state index contributed by atoms with van der Waals surface area (Å²) in [7, 11) is 0. The molecule has 8 heteroatoms. The fourth-order valence-corrected chi connectivity index (χ4v) is 4.01. The summed E-state index contributed by atoms with van der Waals surface area (Å²) in [5.41, 5.74) is 2.45. The largest absolute Gasteiger partial charge is 0.494 e. The van der Waals surface area contributed by atoms with Crippen molar-refractivity contribution in [1.29, 1.82) is 0 Å². The number of ether oxygens (including phenoxy) is 4. The highest BCUT2D eigenvalue weighted by Gasteiger charge is 2.44. The Morgan fingerprint density at radius 3 is 2.42 bits per heavy atom. The van der Waals surface area contributed by atoms with E-state index in [9.17, 15) is 20.4 Å². The second-order valence-electron chi connectivity index (χ2n) is 7.71. The summed E-state index contributed by atoms with van der Waals surface area (Å²) in [6.45, 7) is 2.88. The average Bonchev–Trinajstić information content (AvgIpc) is 2.79. The molecule has 0 amide bonds. The Kier molecular flexibility index (Phi) is 6.64. The van der Waals surface area contributed by atoms with E-state index in [0.717, 1.165) is 16.9 Å².